The third-order valence-corrected chi connectivity index (χ3v) is 2.95. The van der Waals surface area contributed by atoms with Gasteiger partial charge in [0.25, 0.3) is 0 Å². The minimum atomic E-state index is 0.662. The van der Waals surface area contributed by atoms with E-state index in [4.69, 9.17) is 16.3 Å². The van der Waals surface area contributed by atoms with Crippen LogP contribution in [0.3, 0.4) is 0 Å². The second kappa shape index (κ2) is 4.85. The smallest absolute Gasteiger partial charge is 0.119 e. The topological polar surface area (TPSA) is 22.1 Å². The Bertz CT molecular complexity index is 516. The maximum atomic E-state index is 6.15. The van der Waals surface area contributed by atoms with Crippen LogP contribution in [-0.4, -0.2) is 12.1 Å². The second-order valence-corrected chi connectivity index (χ2v) is 4.44. The molecule has 0 amide bonds. The van der Waals surface area contributed by atoms with E-state index in [0.29, 0.717) is 5.02 Å². The van der Waals surface area contributed by atoms with E-state index in [2.05, 4.69) is 20.9 Å². The Morgan fingerprint density at radius 2 is 2.12 bits per heavy atom. The van der Waals surface area contributed by atoms with Crippen LogP contribution in [0, 0.1) is 0 Å². The highest BCUT2D eigenvalue weighted by Crippen LogP contribution is 2.30. The average Bonchev–Trinajstić information content (AvgIpc) is 2.29. The van der Waals surface area contributed by atoms with E-state index in [1.807, 2.05) is 24.3 Å². The fraction of sp³-hybridized carbons (Fsp3) is 0.0833. The number of benzene rings is 1. The van der Waals surface area contributed by atoms with Crippen molar-refractivity contribution >= 4 is 27.5 Å². The largest absolute Gasteiger partial charge is 0.497 e. The summed E-state index contributed by atoms with van der Waals surface area (Å²) in [5.74, 6) is 0.802. The quantitative estimate of drug-likeness (QED) is 0.776. The Labute approximate surface area is 107 Å². The summed E-state index contributed by atoms with van der Waals surface area (Å²) in [6.45, 7) is 0. The van der Waals surface area contributed by atoms with Gasteiger partial charge in [-0.25, -0.2) is 4.98 Å². The third-order valence-electron chi connectivity index (χ3n) is 2.20. The molecule has 0 aliphatic rings. The summed E-state index contributed by atoms with van der Waals surface area (Å²) in [7, 11) is 1.64. The summed E-state index contributed by atoms with van der Waals surface area (Å²) in [5.41, 5.74) is 1.88. The molecule has 0 aliphatic heterocycles. The van der Waals surface area contributed by atoms with E-state index in [0.717, 1.165) is 21.5 Å². The van der Waals surface area contributed by atoms with Gasteiger partial charge in [0.1, 0.15) is 10.4 Å². The number of nitrogens with zero attached hydrogens (tertiary/aromatic N) is 1. The van der Waals surface area contributed by atoms with Crippen LogP contribution in [0.4, 0.5) is 0 Å². The van der Waals surface area contributed by atoms with Gasteiger partial charge in [0.15, 0.2) is 0 Å². The summed E-state index contributed by atoms with van der Waals surface area (Å²) in [6.07, 6.45) is 1.74. The zero-order valence-electron chi connectivity index (χ0n) is 8.58. The molecule has 0 N–H and O–H groups in total. The van der Waals surface area contributed by atoms with Gasteiger partial charge in [-0.1, -0.05) is 23.7 Å². The second-order valence-electron chi connectivity index (χ2n) is 3.22. The van der Waals surface area contributed by atoms with Crippen molar-refractivity contribution < 1.29 is 4.74 Å². The summed E-state index contributed by atoms with van der Waals surface area (Å²) >= 11 is 9.43. The monoisotopic (exact) mass is 297 g/mol. The molecule has 2 aromatic rings. The van der Waals surface area contributed by atoms with Crippen LogP contribution in [0.15, 0.2) is 41.1 Å². The Kier molecular flexibility index (Phi) is 3.46. The average molecular weight is 299 g/mol. The SMILES string of the molecule is COc1cccc(-c2cnc(Br)cc2Cl)c1. The summed E-state index contributed by atoms with van der Waals surface area (Å²) in [6, 6.07) is 9.49. The fourth-order valence-corrected chi connectivity index (χ4v) is 2.13. The third kappa shape index (κ3) is 2.36. The molecule has 0 unspecified atom stereocenters. The van der Waals surface area contributed by atoms with Crippen molar-refractivity contribution in [1.29, 1.82) is 0 Å². The highest BCUT2D eigenvalue weighted by atomic mass is 79.9. The lowest BCUT2D eigenvalue weighted by Gasteiger charge is -2.06. The fourth-order valence-electron chi connectivity index (χ4n) is 1.41. The van der Waals surface area contributed by atoms with Gasteiger partial charge >= 0.3 is 0 Å². The van der Waals surface area contributed by atoms with Crippen molar-refractivity contribution in [1.82, 2.24) is 4.98 Å². The first kappa shape index (κ1) is 11.4. The number of pyridine rings is 1. The molecule has 16 heavy (non-hydrogen) atoms. The molecule has 2 rings (SSSR count). The number of hydrogen-bond acceptors (Lipinski definition) is 2. The first-order valence-electron chi connectivity index (χ1n) is 4.66. The zero-order chi connectivity index (χ0) is 11.5. The van der Waals surface area contributed by atoms with Gasteiger partial charge in [-0.2, -0.15) is 0 Å². The molecule has 0 saturated carbocycles. The maximum Gasteiger partial charge on any atom is 0.119 e. The standard InChI is InChI=1S/C12H9BrClNO/c1-16-9-4-2-3-8(5-9)10-7-15-12(13)6-11(10)14/h2-7H,1H3. The highest BCUT2D eigenvalue weighted by Gasteiger charge is 2.05. The summed E-state index contributed by atoms with van der Waals surface area (Å²) in [5, 5.41) is 0.662. The molecule has 82 valence electrons. The van der Waals surface area contributed by atoms with Crippen LogP contribution in [0.1, 0.15) is 0 Å². The molecule has 2 nitrogen and oxygen atoms in total. The molecule has 1 aromatic carbocycles. The molecule has 0 fully saturated rings. The Hall–Kier alpha value is -1.06. The first-order chi connectivity index (χ1) is 7.70. The van der Waals surface area contributed by atoms with Crippen LogP contribution < -0.4 is 4.74 Å². The van der Waals surface area contributed by atoms with E-state index >= 15 is 0 Å². The van der Waals surface area contributed by atoms with E-state index in [9.17, 15) is 0 Å². The van der Waals surface area contributed by atoms with Gasteiger partial charge in [0.2, 0.25) is 0 Å². The molecule has 0 radical (unpaired) electrons. The number of methoxy groups -OCH3 is 1. The Morgan fingerprint density at radius 3 is 2.81 bits per heavy atom. The van der Waals surface area contributed by atoms with Gasteiger partial charge in [0.05, 0.1) is 12.1 Å². The summed E-state index contributed by atoms with van der Waals surface area (Å²) < 4.78 is 5.89. The van der Waals surface area contributed by atoms with Crippen LogP contribution in [-0.2, 0) is 0 Å². The van der Waals surface area contributed by atoms with Gasteiger partial charge < -0.3 is 4.74 Å². The number of rotatable bonds is 2. The van der Waals surface area contributed by atoms with Crippen LogP contribution in [0.25, 0.3) is 11.1 Å². The molecular weight excluding hydrogens is 289 g/mol. The van der Waals surface area contributed by atoms with Crippen LogP contribution in [0.2, 0.25) is 5.02 Å². The van der Waals surface area contributed by atoms with Crippen molar-refractivity contribution in [3.05, 3.63) is 46.2 Å². The Balaban J connectivity index is 2.49. The number of hydrogen-bond donors (Lipinski definition) is 0. The molecule has 4 heteroatoms. The van der Waals surface area contributed by atoms with E-state index < -0.39 is 0 Å². The number of halogens is 2. The van der Waals surface area contributed by atoms with E-state index in [-0.39, 0.29) is 0 Å². The van der Waals surface area contributed by atoms with Crippen molar-refractivity contribution in [2.24, 2.45) is 0 Å². The molecule has 0 saturated heterocycles. The zero-order valence-corrected chi connectivity index (χ0v) is 10.9. The lowest BCUT2D eigenvalue weighted by atomic mass is 10.1. The van der Waals surface area contributed by atoms with E-state index in [1.54, 1.807) is 19.4 Å². The van der Waals surface area contributed by atoms with Crippen molar-refractivity contribution in [3.8, 4) is 16.9 Å². The lowest BCUT2D eigenvalue weighted by Crippen LogP contribution is -1.86. The molecule has 0 spiro atoms. The van der Waals surface area contributed by atoms with Gasteiger partial charge in [-0.15, -0.1) is 0 Å². The molecular formula is C12H9BrClNO. The van der Waals surface area contributed by atoms with E-state index in [1.165, 1.54) is 0 Å². The maximum absolute atomic E-state index is 6.15. The highest BCUT2D eigenvalue weighted by molar-refractivity contribution is 9.10. The molecule has 0 atom stereocenters. The molecule has 1 heterocycles. The number of aromatic nitrogens is 1. The van der Waals surface area contributed by atoms with Crippen LogP contribution in [0.5, 0.6) is 5.75 Å². The minimum Gasteiger partial charge on any atom is -0.497 e. The van der Waals surface area contributed by atoms with Gasteiger partial charge in [-0.3, -0.25) is 0 Å². The molecule has 0 aliphatic carbocycles. The van der Waals surface area contributed by atoms with Crippen molar-refractivity contribution in [2.75, 3.05) is 7.11 Å². The molecule has 1 aromatic heterocycles. The van der Waals surface area contributed by atoms with Crippen LogP contribution >= 0.6 is 27.5 Å². The lowest BCUT2D eigenvalue weighted by molar-refractivity contribution is 0.415. The number of ether oxygens (including phenoxy) is 1. The minimum absolute atomic E-state index is 0.662. The predicted molar refractivity (Wildman–Crippen MR) is 68.9 cm³/mol. The predicted octanol–water partition coefficient (Wildman–Crippen LogP) is 4.17. The first-order valence-corrected chi connectivity index (χ1v) is 5.83. The van der Waals surface area contributed by atoms with Crippen molar-refractivity contribution in [3.63, 3.8) is 0 Å². The summed E-state index contributed by atoms with van der Waals surface area (Å²) in [4.78, 5) is 4.16. The molecule has 0 bridgehead atoms. The van der Waals surface area contributed by atoms with Gasteiger partial charge in [0, 0.05) is 11.8 Å². The Morgan fingerprint density at radius 1 is 1.31 bits per heavy atom. The van der Waals surface area contributed by atoms with Crippen molar-refractivity contribution in [2.45, 2.75) is 0 Å². The normalized spacial score (nSPS) is 10.2. The van der Waals surface area contributed by atoms with Gasteiger partial charge in [-0.05, 0) is 39.7 Å².